The zero-order chi connectivity index (χ0) is 10.6. The summed E-state index contributed by atoms with van der Waals surface area (Å²) < 4.78 is 27.3. The molecule has 80 valence electrons. The molecule has 1 unspecified atom stereocenters. The SMILES string of the molecule is C#CC(CC)NS(=O)(=O)N1CCCC1. The Balaban J connectivity index is 2.61. The second kappa shape index (κ2) is 4.78. The van der Waals surface area contributed by atoms with E-state index in [1.165, 1.54) is 4.31 Å². The molecule has 1 atom stereocenters. The van der Waals surface area contributed by atoms with E-state index in [0.717, 1.165) is 12.8 Å². The van der Waals surface area contributed by atoms with Crippen molar-refractivity contribution in [3.63, 3.8) is 0 Å². The van der Waals surface area contributed by atoms with E-state index >= 15 is 0 Å². The fraction of sp³-hybridized carbons (Fsp3) is 0.778. The van der Waals surface area contributed by atoms with Gasteiger partial charge in [0.15, 0.2) is 0 Å². The van der Waals surface area contributed by atoms with Gasteiger partial charge in [0.05, 0.1) is 6.04 Å². The lowest BCUT2D eigenvalue weighted by molar-refractivity contribution is 0.459. The van der Waals surface area contributed by atoms with Gasteiger partial charge in [-0.25, -0.2) is 0 Å². The number of terminal acetylenes is 1. The van der Waals surface area contributed by atoms with E-state index in [0.29, 0.717) is 19.5 Å². The third-order valence-corrected chi connectivity index (χ3v) is 3.93. The Bertz CT molecular complexity index is 312. The molecule has 1 heterocycles. The van der Waals surface area contributed by atoms with Crippen LogP contribution in [0.5, 0.6) is 0 Å². The summed E-state index contributed by atoms with van der Waals surface area (Å²) in [6.45, 7) is 3.07. The van der Waals surface area contributed by atoms with E-state index in [1.54, 1.807) is 0 Å². The van der Waals surface area contributed by atoms with Gasteiger partial charge in [0.2, 0.25) is 0 Å². The van der Waals surface area contributed by atoms with E-state index in [1.807, 2.05) is 6.92 Å². The first-order chi connectivity index (χ1) is 6.60. The van der Waals surface area contributed by atoms with Gasteiger partial charge < -0.3 is 0 Å². The molecule has 0 spiro atoms. The first kappa shape index (κ1) is 11.5. The molecule has 1 rings (SSSR count). The predicted molar refractivity (Wildman–Crippen MR) is 55.8 cm³/mol. The van der Waals surface area contributed by atoms with Crippen LogP contribution in [-0.4, -0.2) is 31.9 Å². The highest BCUT2D eigenvalue weighted by Crippen LogP contribution is 2.11. The van der Waals surface area contributed by atoms with E-state index in [4.69, 9.17) is 6.42 Å². The number of nitrogens with zero attached hydrogens (tertiary/aromatic N) is 1. The first-order valence-electron chi connectivity index (χ1n) is 4.83. The van der Waals surface area contributed by atoms with Crippen molar-refractivity contribution >= 4 is 10.2 Å². The topological polar surface area (TPSA) is 49.4 Å². The molecule has 1 aliphatic heterocycles. The molecule has 1 N–H and O–H groups in total. The van der Waals surface area contributed by atoms with Crippen LogP contribution in [-0.2, 0) is 10.2 Å². The van der Waals surface area contributed by atoms with E-state index in [2.05, 4.69) is 10.6 Å². The van der Waals surface area contributed by atoms with E-state index in [9.17, 15) is 8.42 Å². The Hall–Kier alpha value is -0.570. The van der Waals surface area contributed by atoms with Crippen LogP contribution in [0.2, 0.25) is 0 Å². The summed E-state index contributed by atoms with van der Waals surface area (Å²) in [6.07, 6.45) is 7.68. The Morgan fingerprint density at radius 1 is 1.50 bits per heavy atom. The molecule has 4 nitrogen and oxygen atoms in total. The van der Waals surface area contributed by atoms with Crippen molar-refractivity contribution in [3.05, 3.63) is 0 Å². The highest BCUT2D eigenvalue weighted by Gasteiger charge is 2.26. The third-order valence-electron chi connectivity index (χ3n) is 2.31. The zero-order valence-electron chi connectivity index (χ0n) is 8.36. The van der Waals surface area contributed by atoms with Crippen molar-refractivity contribution in [3.8, 4) is 12.3 Å². The maximum absolute atomic E-state index is 11.7. The molecule has 0 aromatic rings. The summed E-state index contributed by atoms with van der Waals surface area (Å²) in [6, 6.07) is -0.388. The van der Waals surface area contributed by atoms with Crippen LogP contribution in [0.25, 0.3) is 0 Å². The molecule has 0 bridgehead atoms. The predicted octanol–water partition coefficient (Wildman–Crippen LogP) is 0.328. The van der Waals surface area contributed by atoms with Crippen LogP contribution in [0.3, 0.4) is 0 Å². The maximum atomic E-state index is 11.7. The van der Waals surface area contributed by atoms with Crippen molar-refractivity contribution in [1.82, 2.24) is 9.03 Å². The van der Waals surface area contributed by atoms with Crippen LogP contribution in [0.15, 0.2) is 0 Å². The molecular weight excluding hydrogens is 200 g/mol. The maximum Gasteiger partial charge on any atom is 0.280 e. The molecule has 0 radical (unpaired) electrons. The minimum atomic E-state index is -3.34. The van der Waals surface area contributed by atoms with E-state index < -0.39 is 10.2 Å². The van der Waals surface area contributed by atoms with Crippen molar-refractivity contribution in [2.24, 2.45) is 0 Å². The molecule has 14 heavy (non-hydrogen) atoms. The molecule has 0 amide bonds. The summed E-state index contributed by atoms with van der Waals surface area (Å²) in [7, 11) is -3.34. The monoisotopic (exact) mass is 216 g/mol. The highest BCUT2D eigenvalue weighted by atomic mass is 32.2. The molecule has 5 heteroatoms. The lowest BCUT2D eigenvalue weighted by Gasteiger charge is -2.18. The average molecular weight is 216 g/mol. The molecule has 1 fully saturated rings. The van der Waals surface area contributed by atoms with Crippen LogP contribution < -0.4 is 4.72 Å². The smallest absolute Gasteiger partial charge is 0.195 e. The van der Waals surface area contributed by atoms with E-state index in [-0.39, 0.29) is 6.04 Å². The van der Waals surface area contributed by atoms with Crippen LogP contribution >= 0.6 is 0 Å². The second-order valence-electron chi connectivity index (χ2n) is 3.36. The minimum absolute atomic E-state index is 0.388. The summed E-state index contributed by atoms with van der Waals surface area (Å²) >= 11 is 0. The standard InChI is InChI=1S/C9H16N2O2S/c1-3-9(4-2)10-14(12,13)11-7-5-6-8-11/h1,9-10H,4-8H2,2H3. The van der Waals surface area contributed by atoms with Gasteiger partial charge in [0, 0.05) is 13.1 Å². The summed E-state index contributed by atoms with van der Waals surface area (Å²) in [5.41, 5.74) is 0. The Morgan fingerprint density at radius 3 is 2.50 bits per heavy atom. The van der Waals surface area contributed by atoms with Crippen molar-refractivity contribution in [2.45, 2.75) is 32.2 Å². The van der Waals surface area contributed by atoms with Crippen molar-refractivity contribution in [1.29, 1.82) is 0 Å². The normalized spacial score (nSPS) is 20.6. The van der Waals surface area contributed by atoms with Crippen molar-refractivity contribution in [2.75, 3.05) is 13.1 Å². The van der Waals surface area contributed by atoms with Crippen LogP contribution in [0.4, 0.5) is 0 Å². The van der Waals surface area contributed by atoms with Gasteiger partial charge in [-0.15, -0.1) is 6.42 Å². The number of rotatable bonds is 4. The fourth-order valence-electron chi connectivity index (χ4n) is 1.42. The Labute approximate surface area is 85.9 Å². The van der Waals surface area contributed by atoms with Gasteiger partial charge in [0.1, 0.15) is 0 Å². The summed E-state index contributed by atoms with van der Waals surface area (Å²) in [5.74, 6) is 2.41. The summed E-state index contributed by atoms with van der Waals surface area (Å²) in [4.78, 5) is 0. The molecule has 0 aliphatic carbocycles. The van der Waals surface area contributed by atoms with Gasteiger partial charge in [-0.1, -0.05) is 12.8 Å². The van der Waals surface area contributed by atoms with Gasteiger partial charge >= 0.3 is 0 Å². The second-order valence-corrected chi connectivity index (χ2v) is 5.06. The molecule has 0 saturated carbocycles. The zero-order valence-corrected chi connectivity index (χ0v) is 9.18. The minimum Gasteiger partial charge on any atom is -0.195 e. The van der Waals surface area contributed by atoms with Gasteiger partial charge in [-0.2, -0.15) is 17.4 Å². The molecule has 1 saturated heterocycles. The van der Waals surface area contributed by atoms with Crippen molar-refractivity contribution < 1.29 is 8.42 Å². The van der Waals surface area contributed by atoms with Gasteiger partial charge in [0.25, 0.3) is 10.2 Å². The largest absolute Gasteiger partial charge is 0.280 e. The lowest BCUT2D eigenvalue weighted by atomic mass is 10.3. The Kier molecular flexibility index (Phi) is 3.93. The number of nitrogens with one attached hydrogen (secondary N) is 1. The number of hydrogen-bond donors (Lipinski definition) is 1. The highest BCUT2D eigenvalue weighted by molar-refractivity contribution is 7.87. The van der Waals surface area contributed by atoms with Crippen LogP contribution in [0.1, 0.15) is 26.2 Å². The molecular formula is C9H16N2O2S. The lowest BCUT2D eigenvalue weighted by Crippen LogP contribution is -2.43. The quantitative estimate of drug-likeness (QED) is 0.688. The van der Waals surface area contributed by atoms with Gasteiger partial charge in [-0.3, -0.25) is 0 Å². The number of hydrogen-bond acceptors (Lipinski definition) is 2. The van der Waals surface area contributed by atoms with Gasteiger partial charge in [-0.05, 0) is 19.3 Å². The first-order valence-corrected chi connectivity index (χ1v) is 6.27. The third kappa shape index (κ3) is 2.71. The fourth-order valence-corrected chi connectivity index (χ4v) is 2.90. The summed E-state index contributed by atoms with van der Waals surface area (Å²) in [5, 5.41) is 0. The molecule has 1 aliphatic rings. The molecule has 0 aromatic carbocycles. The average Bonchev–Trinajstić information content (AvgIpc) is 2.67. The Morgan fingerprint density at radius 2 is 2.07 bits per heavy atom. The van der Waals surface area contributed by atoms with Crippen LogP contribution in [0, 0.1) is 12.3 Å². The molecule has 0 aromatic heterocycles.